The van der Waals surface area contributed by atoms with Crippen molar-refractivity contribution in [2.45, 2.75) is 0 Å². The number of benzene rings is 8. The minimum absolute atomic E-state index is 0.693. The Balaban J connectivity index is 1.15. The fraction of sp³-hybridized carbons (Fsp3) is 0. The second kappa shape index (κ2) is 13.1. The normalized spacial score (nSPS) is 11.6. The molecule has 3 heterocycles. The molecule has 11 rings (SSSR count). The molecule has 56 heavy (non-hydrogen) atoms. The lowest BCUT2D eigenvalue weighted by Crippen LogP contribution is -1.98. The van der Waals surface area contributed by atoms with Gasteiger partial charge in [0.1, 0.15) is 0 Å². The number of nitrogens with zero attached hydrogens (tertiary/aromatic N) is 4. The van der Waals surface area contributed by atoms with Crippen LogP contribution in [-0.4, -0.2) is 19.1 Å². The largest absolute Gasteiger partial charge is 0.309 e. The zero-order valence-corrected chi connectivity index (χ0v) is 30.4. The summed E-state index contributed by atoms with van der Waals surface area (Å²) in [5, 5.41) is 4.93. The molecule has 4 nitrogen and oxygen atoms in total. The summed E-state index contributed by atoms with van der Waals surface area (Å²) in [5.41, 5.74) is 14.0. The Hall–Kier alpha value is -7.56. The Labute approximate surface area is 324 Å². The highest BCUT2D eigenvalue weighted by molar-refractivity contribution is 6.26. The van der Waals surface area contributed by atoms with Crippen LogP contribution >= 0.6 is 0 Å². The first-order chi connectivity index (χ1) is 27.8. The summed E-state index contributed by atoms with van der Waals surface area (Å²) in [5.74, 6) is 0.693. The van der Waals surface area contributed by atoms with E-state index in [1.807, 2.05) is 12.1 Å². The lowest BCUT2D eigenvalue weighted by molar-refractivity contribution is 1.17. The molecule has 0 aliphatic heterocycles. The molecule has 262 valence electrons. The molecule has 0 aliphatic carbocycles. The van der Waals surface area contributed by atoms with Gasteiger partial charge in [-0.1, -0.05) is 158 Å². The second-order valence-corrected chi connectivity index (χ2v) is 14.2. The summed E-state index contributed by atoms with van der Waals surface area (Å²) < 4.78 is 4.85. The van der Waals surface area contributed by atoms with Gasteiger partial charge < -0.3 is 9.13 Å². The molecular formula is C52H34N4. The smallest absolute Gasteiger partial charge is 0.161 e. The monoisotopic (exact) mass is 714 g/mol. The summed E-state index contributed by atoms with van der Waals surface area (Å²) >= 11 is 0. The molecule has 0 unspecified atom stereocenters. The van der Waals surface area contributed by atoms with Crippen molar-refractivity contribution in [1.82, 2.24) is 19.1 Å². The maximum absolute atomic E-state index is 5.21. The van der Waals surface area contributed by atoms with Crippen LogP contribution in [0.4, 0.5) is 0 Å². The molecule has 4 heteroatoms. The molecule has 0 spiro atoms. The van der Waals surface area contributed by atoms with Gasteiger partial charge in [-0.15, -0.1) is 0 Å². The summed E-state index contributed by atoms with van der Waals surface area (Å²) in [4.78, 5) is 10.4. The molecule has 0 N–H and O–H groups in total. The first-order valence-corrected chi connectivity index (χ1v) is 19.0. The average molecular weight is 715 g/mol. The number of fused-ring (bicyclic) bond motifs is 7. The van der Waals surface area contributed by atoms with E-state index in [4.69, 9.17) is 9.97 Å². The number of rotatable bonds is 6. The molecule has 0 fully saturated rings. The van der Waals surface area contributed by atoms with Gasteiger partial charge in [-0.25, -0.2) is 9.97 Å². The summed E-state index contributed by atoms with van der Waals surface area (Å²) in [7, 11) is 0. The average Bonchev–Trinajstić information content (AvgIpc) is 3.80. The van der Waals surface area contributed by atoms with Gasteiger partial charge in [-0.05, 0) is 59.7 Å². The lowest BCUT2D eigenvalue weighted by atomic mass is 9.98. The molecule has 0 bridgehead atoms. The summed E-state index contributed by atoms with van der Waals surface area (Å²) in [6.45, 7) is 0. The van der Waals surface area contributed by atoms with Gasteiger partial charge in [0, 0.05) is 49.6 Å². The third kappa shape index (κ3) is 5.15. The van der Waals surface area contributed by atoms with Gasteiger partial charge in [0.15, 0.2) is 5.82 Å². The Kier molecular flexibility index (Phi) is 7.46. The summed E-state index contributed by atoms with van der Waals surface area (Å²) in [6, 6.07) is 73.1. The number of hydrogen-bond acceptors (Lipinski definition) is 2. The van der Waals surface area contributed by atoms with Crippen LogP contribution in [0.3, 0.4) is 0 Å². The number of para-hydroxylation sites is 3. The van der Waals surface area contributed by atoms with Gasteiger partial charge in [0.2, 0.25) is 0 Å². The van der Waals surface area contributed by atoms with Crippen molar-refractivity contribution < 1.29 is 0 Å². The highest BCUT2D eigenvalue weighted by Gasteiger charge is 2.21. The lowest BCUT2D eigenvalue weighted by Gasteiger charge is -2.15. The highest BCUT2D eigenvalue weighted by Crippen LogP contribution is 2.43. The predicted molar refractivity (Wildman–Crippen MR) is 232 cm³/mol. The maximum Gasteiger partial charge on any atom is 0.161 e. The zero-order chi connectivity index (χ0) is 37.0. The Morgan fingerprint density at radius 2 is 0.857 bits per heavy atom. The Morgan fingerprint density at radius 3 is 1.55 bits per heavy atom. The van der Waals surface area contributed by atoms with Gasteiger partial charge in [0.25, 0.3) is 0 Å². The van der Waals surface area contributed by atoms with Crippen molar-refractivity contribution in [2.24, 2.45) is 0 Å². The van der Waals surface area contributed by atoms with E-state index in [2.05, 4.69) is 203 Å². The van der Waals surface area contributed by atoms with Crippen LogP contribution in [0.2, 0.25) is 0 Å². The van der Waals surface area contributed by atoms with Crippen molar-refractivity contribution >= 4 is 43.6 Å². The minimum Gasteiger partial charge on any atom is -0.309 e. The Morgan fingerprint density at radius 1 is 0.321 bits per heavy atom. The van der Waals surface area contributed by atoms with Gasteiger partial charge in [-0.2, -0.15) is 0 Å². The molecule has 3 aromatic heterocycles. The molecule has 0 atom stereocenters. The molecule has 0 saturated heterocycles. The van der Waals surface area contributed by atoms with Crippen LogP contribution < -0.4 is 0 Å². The van der Waals surface area contributed by atoms with E-state index in [9.17, 15) is 0 Å². The van der Waals surface area contributed by atoms with Crippen molar-refractivity contribution in [2.75, 3.05) is 0 Å². The molecule has 0 radical (unpaired) electrons. The van der Waals surface area contributed by atoms with E-state index in [1.54, 1.807) is 0 Å². The fourth-order valence-corrected chi connectivity index (χ4v) is 8.46. The van der Waals surface area contributed by atoms with E-state index >= 15 is 0 Å². The number of hydrogen-bond donors (Lipinski definition) is 0. The van der Waals surface area contributed by atoms with Crippen molar-refractivity contribution in [3.8, 4) is 56.4 Å². The third-order valence-corrected chi connectivity index (χ3v) is 10.9. The van der Waals surface area contributed by atoms with Crippen LogP contribution in [0, 0.1) is 0 Å². The molecule has 8 aromatic carbocycles. The molecule has 0 aliphatic rings. The highest BCUT2D eigenvalue weighted by atomic mass is 15.0. The van der Waals surface area contributed by atoms with Crippen molar-refractivity contribution in [1.29, 1.82) is 0 Å². The van der Waals surface area contributed by atoms with Crippen LogP contribution in [0.5, 0.6) is 0 Å². The van der Waals surface area contributed by atoms with E-state index in [1.165, 1.54) is 43.6 Å². The first-order valence-electron chi connectivity index (χ1n) is 19.0. The molecule has 11 aromatic rings. The zero-order valence-electron chi connectivity index (χ0n) is 30.4. The second-order valence-electron chi connectivity index (χ2n) is 14.2. The van der Waals surface area contributed by atoms with Crippen LogP contribution in [-0.2, 0) is 0 Å². The Bertz CT molecular complexity index is 3170. The minimum atomic E-state index is 0.693. The van der Waals surface area contributed by atoms with Crippen LogP contribution in [0.15, 0.2) is 206 Å². The van der Waals surface area contributed by atoms with Crippen LogP contribution in [0.25, 0.3) is 100 Å². The number of aromatic nitrogens is 4. The third-order valence-electron chi connectivity index (χ3n) is 10.9. The first kappa shape index (κ1) is 31.9. The standard InChI is InChI=1S/C52H34N4/c1-4-17-35(18-5-1)45-34-46(36-19-6-2-7-20-36)54-52(53-45)43-27-11-10-25-40(43)37-21-16-24-39(33-37)56-47-29-14-12-26-41(47)42-31-32-49-50(51(42)56)44-28-13-15-30-48(44)55(49)38-22-8-3-9-23-38/h1-34H. The molecule has 0 amide bonds. The van der Waals surface area contributed by atoms with E-state index in [0.717, 1.165) is 50.6 Å². The van der Waals surface area contributed by atoms with E-state index < -0.39 is 0 Å². The maximum atomic E-state index is 5.21. The van der Waals surface area contributed by atoms with Crippen LogP contribution in [0.1, 0.15) is 0 Å². The quantitative estimate of drug-likeness (QED) is 0.172. The SMILES string of the molecule is c1ccc(-c2cc(-c3ccccc3)nc(-c3ccccc3-c3cccc(-n4c5ccccc5c5ccc6c(c7ccccc7n6-c6ccccc6)c54)c3)n2)cc1. The molecule has 0 saturated carbocycles. The summed E-state index contributed by atoms with van der Waals surface area (Å²) in [6.07, 6.45) is 0. The fourth-order valence-electron chi connectivity index (χ4n) is 8.46. The van der Waals surface area contributed by atoms with Gasteiger partial charge >= 0.3 is 0 Å². The predicted octanol–water partition coefficient (Wildman–Crippen LogP) is 13.3. The molecular weight excluding hydrogens is 681 g/mol. The topological polar surface area (TPSA) is 35.6 Å². The van der Waals surface area contributed by atoms with E-state index in [-0.39, 0.29) is 0 Å². The van der Waals surface area contributed by atoms with Crippen molar-refractivity contribution in [3.63, 3.8) is 0 Å². The van der Waals surface area contributed by atoms with Gasteiger partial charge in [-0.3, -0.25) is 0 Å². The van der Waals surface area contributed by atoms with E-state index in [0.29, 0.717) is 5.82 Å². The van der Waals surface area contributed by atoms with Gasteiger partial charge in [0.05, 0.1) is 33.5 Å². The van der Waals surface area contributed by atoms with Crippen molar-refractivity contribution in [3.05, 3.63) is 206 Å².